The largest absolute Gasteiger partial charge is 0.493 e. The van der Waals surface area contributed by atoms with Crippen molar-refractivity contribution in [2.45, 2.75) is 13.3 Å². The van der Waals surface area contributed by atoms with Gasteiger partial charge in [-0.05, 0) is 70.4 Å². The second-order valence-corrected chi connectivity index (χ2v) is 7.69. The van der Waals surface area contributed by atoms with Crippen LogP contribution < -0.4 is 20.3 Å². The molecule has 0 saturated carbocycles. The van der Waals surface area contributed by atoms with Crippen molar-refractivity contribution in [3.63, 3.8) is 0 Å². The van der Waals surface area contributed by atoms with Gasteiger partial charge in [0, 0.05) is 12.0 Å². The number of hydrogen-bond donors (Lipinski definition) is 2. The summed E-state index contributed by atoms with van der Waals surface area (Å²) >= 11 is 3.39. The van der Waals surface area contributed by atoms with E-state index < -0.39 is 11.8 Å². The molecule has 3 aromatic rings. The third kappa shape index (κ3) is 7.15. The van der Waals surface area contributed by atoms with Gasteiger partial charge in [0.1, 0.15) is 11.5 Å². The molecule has 0 unspecified atom stereocenters. The molecule has 0 aliphatic rings. The van der Waals surface area contributed by atoms with E-state index in [0.29, 0.717) is 23.7 Å². The van der Waals surface area contributed by atoms with Gasteiger partial charge in [0.05, 0.1) is 11.1 Å². The number of hydrazine groups is 1. The van der Waals surface area contributed by atoms with Crippen LogP contribution in [0.25, 0.3) is 0 Å². The van der Waals surface area contributed by atoms with E-state index in [1.54, 1.807) is 30.3 Å². The van der Waals surface area contributed by atoms with E-state index in [1.807, 2.05) is 37.3 Å². The highest BCUT2D eigenvalue weighted by molar-refractivity contribution is 9.10. The van der Waals surface area contributed by atoms with Crippen LogP contribution in [-0.4, -0.2) is 25.0 Å². The zero-order valence-electron chi connectivity index (χ0n) is 17.1. The minimum absolute atomic E-state index is 0.226. The molecule has 0 atom stereocenters. The maximum absolute atomic E-state index is 12.2. The first-order chi connectivity index (χ1) is 15.0. The van der Waals surface area contributed by atoms with Crippen LogP contribution in [0.1, 0.15) is 21.5 Å². The maximum Gasteiger partial charge on any atom is 0.276 e. The standard InChI is InChI=1S/C24H23BrN2O4/c1-17-7-12-22(21(25)15-17)31-16-23(28)26-27-24(29)19-8-10-20(11-9-19)30-14-13-18-5-3-2-4-6-18/h2-12,15H,13-14,16H2,1H3,(H,26,28)(H,27,29). The lowest BCUT2D eigenvalue weighted by molar-refractivity contribution is -0.123. The highest BCUT2D eigenvalue weighted by Gasteiger charge is 2.09. The van der Waals surface area contributed by atoms with E-state index in [1.165, 1.54) is 5.56 Å². The number of benzene rings is 3. The molecule has 31 heavy (non-hydrogen) atoms. The predicted molar refractivity (Wildman–Crippen MR) is 122 cm³/mol. The van der Waals surface area contributed by atoms with Crippen molar-refractivity contribution in [3.8, 4) is 11.5 Å². The molecule has 0 aliphatic heterocycles. The summed E-state index contributed by atoms with van der Waals surface area (Å²) in [5.74, 6) is 0.325. The Bertz CT molecular complexity index is 1020. The van der Waals surface area contributed by atoms with Crippen molar-refractivity contribution in [1.29, 1.82) is 0 Å². The Morgan fingerprint density at radius 3 is 2.35 bits per heavy atom. The Balaban J connectivity index is 1.40. The summed E-state index contributed by atoms with van der Waals surface area (Å²) in [6.45, 7) is 2.28. The van der Waals surface area contributed by atoms with Crippen molar-refractivity contribution in [2.24, 2.45) is 0 Å². The van der Waals surface area contributed by atoms with Gasteiger partial charge in [0.2, 0.25) is 0 Å². The summed E-state index contributed by atoms with van der Waals surface area (Å²) in [4.78, 5) is 24.1. The Morgan fingerprint density at radius 2 is 1.65 bits per heavy atom. The molecule has 0 spiro atoms. The van der Waals surface area contributed by atoms with Gasteiger partial charge in [-0.3, -0.25) is 20.4 Å². The summed E-state index contributed by atoms with van der Waals surface area (Å²) in [6.07, 6.45) is 0.802. The molecule has 7 heteroatoms. The molecular weight excluding hydrogens is 460 g/mol. The van der Waals surface area contributed by atoms with Crippen LogP contribution in [0.3, 0.4) is 0 Å². The molecule has 0 heterocycles. The van der Waals surface area contributed by atoms with Crippen LogP contribution in [-0.2, 0) is 11.2 Å². The van der Waals surface area contributed by atoms with Gasteiger partial charge < -0.3 is 9.47 Å². The first kappa shape index (κ1) is 22.4. The molecule has 6 nitrogen and oxygen atoms in total. The molecule has 3 aromatic carbocycles. The zero-order valence-corrected chi connectivity index (χ0v) is 18.6. The van der Waals surface area contributed by atoms with Crippen LogP contribution in [0.15, 0.2) is 77.3 Å². The molecule has 0 fully saturated rings. The second kappa shape index (κ2) is 11.2. The fourth-order valence-electron chi connectivity index (χ4n) is 2.73. The van der Waals surface area contributed by atoms with Crippen LogP contribution in [0, 0.1) is 6.92 Å². The monoisotopic (exact) mass is 482 g/mol. The first-order valence-corrected chi connectivity index (χ1v) is 10.6. The molecule has 2 N–H and O–H groups in total. The number of halogens is 1. The van der Waals surface area contributed by atoms with Crippen LogP contribution in [0.5, 0.6) is 11.5 Å². The third-order valence-corrected chi connectivity index (χ3v) is 5.00. The number of aryl methyl sites for hydroxylation is 1. The lowest BCUT2D eigenvalue weighted by atomic mass is 10.2. The number of nitrogens with one attached hydrogen (secondary N) is 2. The summed E-state index contributed by atoms with van der Waals surface area (Å²) in [6, 6.07) is 22.3. The van der Waals surface area contributed by atoms with Crippen LogP contribution in [0.2, 0.25) is 0 Å². The Morgan fingerprint density at radius 1 is 0.903 bits per heavy atom. The lowest BCUT2D eigenvalue weighted by Crippen LogP contribution is -2.43. The molecule has 0 radical (unpaired) electrons. The van der Waals surface area contributed by atoms with Gasteiger partial charge in [-0.25, -0.2) is 0 Å². The highest BCUT2D eigenvalue weighted by atomic mass is 79.9. The van der Waals surface area contributed by atoms with Gasteiger partial charge in [-0.1, -0.05) is 36.4 Å². The molecule has 0 bridgehead atoms. The normalized spacial score (nSPS) is 10.3. The Hall–Kier alpha value is -3.32. The maximum atomic E-state index is 12.2. The zero-order chi connectivity index (χ0) is 22.1. The summed E-state index contributed by atoms with van der Waals surface area (Å²) < 4.78 is 11.9. The minimum atomic E-state index is -0.471. The summed E-state index contributed by atoms with van der Waals surface area (Å²) in [5, 5.41) is 0. The van der Waals surface area contributed by atoms with Crippen molar-refractivity contribution in [1.82, 2.24) is 10.9 Å². The van der Waals surface area contributed by atoms with Gasteiger partial charge in [-0.2, -0.15) is 0 Å². The molecular formula is C24H23BrN2O4. The summed E-state index contributed by atoms with van der Waals surface area (Å²) in [7, 11) is 0. The van der Waals surface area contributed by atoms with Crippen LogP contribution >= 0.6 is 15.9 Å². The van der Waals surface area contributed by atoms with Crippen molar-refractivity contribution in [2.75, 3.05) is 13.2 Å². The molecule has 2 amide bonds. The molecule has 160 valence electrons. The second-order valence-electron chi connectivity index (χ2n) is 6.83. The van der Waals surface area contributed by atoms with Gasteiger partial charge in [-0.15, -0.1) is 0 Å². The SMILES string of the molecule is Cc1ccc(OCC(=O)NNC(=O)c2ccc(OCCc3ccccc3)cc2)c(Br)c1. The molecule has 3 rings (SSSR count). The number of hydrogen-bond acceptors (Lipinski definition) is 4. The number of carbonyl (C=O) groups is 2. The fraction of sp³-hybridized carbons (Fsp3) is 0.167. The van der Waals surface area contributed by atoms with E-state index in [0.717, 1.165) is 16.5 Å². The number of ether oxygens (including phenoxy) is 2. The van der Waals surface area contributed by atoms with E-state index in [-0.39, 0.29) is 6.61 Å². The van der Waals surface area contributed by atoms with Crippen molar-refractivity contribution < 1.29 is 19.1 Å². The number of carbonyl (C=O) groups excluding carboxylic acids is 2. The van der Waals surface area contributed by atoms with Gasteiger partial charge in [0.15, 0.2) is 6.61 Å². The van der Waals surface area contributed by atoms with E-state index in [2.05, 4.69) is 38.9 Å². The molecule has 0 aliphatic carbocycles. The number of rotatable bonds is 8. The highest BCUT2D eigenvalue weighted by Crippen LogP contribution is 2.25. The Kier molecular flexibility index (Phi) is 8.06. The average molecular weight is 483 g/mol. The van der Waals surface area contributed by atoms with Crippen molar-refractivity contribution in [3.05, 3.63) is 94.0 Å². The first-order valence-electron chi connectivity index (χ1n) is 9.76. The van der Waals surface area contributed by atoms with E-state index in [9.17, 15) is 9.59 Å². The fourth-order valence-corrected chi connectivity index (χ4v) is 3.34. The molecule has 0 saturated heterocycles. The third-order valence-electron chi connectivity index (χ3n) is 4.38. The quantitative estimate of drug-likeness (QED) is 0.471. The van der Waals surface area contributed by atoms with Gasteiger partial charge >= 0.3 is 0 Å². The van der Waals surface area contributed by atoms with Gasteiger partial charge in [0.25, 0.3) is 11.8 Å². The van der Waals surface area contributed by atoms with Crippen LogP contribution in [0.4, 0.5) is 0 Å². The average Bonchev–Trinajstić information content (AvgIpc) is 2.78. The van der Waals surface area contributed by atoms with Crippen molar-refractivity contribution >= 4 is 27.7 Å². The summed E-state index contributed by atoms with van der Waals surface area (Å²) in [5.41, 5.74) is 7.39. The van der Waals surface area contributed by atoms with E-state index in [4.69, 9.17) is 9.47 Å². The Labute approximate surface area is 189 Å². The topological polar surface area (TPSA) is 76.7 Å². The smallest absolute Gasteiger partial charge is 0.276 e. The lowest BCUT2D eigenvalue weighted by Gasteiger charge is -2.11. The minimum Gasteiger partial charge on any atom is -0.493 e. The molecule has 0 aromatic heterocycles. The van der Waals surface area contributed by atoms with E-state index >= 15 is 0 Å². The predicted octanol–water partition coefficient (Wildman–Crippen LogP) is 4.22. The number of amides is 2.